The molecule has 1 heterocycles. The summed E-state index contributed by atoms with van der Waals surface area (Å²) in [5, 5.41) is 14.8. The van der Waals surface area contributed by atoms with Crippen molar-refractivity contribution >= 4 is 29.3 Å². The third-order valence-electron chi connectivity index (χ3n) is 5.87. The summed E-state index contributed by atoms with van der Waals surface area (Å²) in [5.74, 6) is -0.111. The highest BCUT2D eigenvalue weighted by molar-refractivity contribution is 6.30. The van der Waals surface area contributed by atoms with Gasteiger partial charge in [0.25, 0.3) is 0 Å². The van der Waals surface area contributed by atoms with E-state index in [0.717, 1.165) is 10.1 Å². The first-order valence-electron chi connectivity index (χ1n) is 13.4. The van der Waals surface area contributed by atoms with Gasteiger partial charge >= 0.3 is 17.4 Å². The predicted molar refractivity (Wildman–Crippen MR) is 161 cm³/mol. The molecule has 0 unspecified atom stereocenters. The van der Waals surface area contributed by atoms with Crippen molar-refractivity contribution < 1.29 is 13.9 Å². The third-order valence-corrected chi connectivity index (χ3v) is 6.12. The van der Waals surface area contributed by atoms with Gasteiger partial charge in [-0.05, 0) is 62.2 Å². The summed E-state index contributed by atoms with van der Waals surface area (Å²) in [4.78, 5) is 34.9. The number of anilines is 2. The highest BCUT2D eigenvalue weighted by atomic mass is 35.5. The van der Waals surface area contributed by atoms with Crippen molar-refractivity contribution in [3.05, 3.63) is 110 Å². The molecule has 0 aliphatic rings. The molecule has 0 saturated carbocycles. The fourth-order valence-electron chi connectivity index (χ4n) is 3.94. The van der Waals surface area contributed by atoms with E-state index < -0.39 is 17.2 Å². The molecule has 0 radical (unpaired) electrons. The Hall–Kier alpha value is -5.15. The lowest BCUT2D eigenvalue weighted by Gasteiger charge is -2.16. The zero-order chi connectivity index (χ0) is 30.8. The minimum absolute atomic E-state index is 0.00387. The maximum Gasteiger partial charge on any atom is 0.354 e. The number of ether oxygens (including phenoxy) is 2. The van der Waals surface area contributed by atoms with Gasteiger partial charge in [-0.15, -0.1) is 0 Å². The van der Waals surface area contributed by atoms with Gasteiger partial charge in [-0.3, -0.25) is 4.57 Å². The van der Waals surface area contributed by atoms with Crippen molar-refractivity contribution in [1.82, 2.24) is 19.4 Å². The van der Waals surface area contributed by atoms with Gasteiger partial charge in [-0.25, -0.2) is 28.9 Å². The molecule has 11 nitrogen and oxygen atoms in total. The molecule has 0 amide bonds. The van der Waals surface area contributed by atoms with Gasteiger partial charge in [0.1, 0.15) is 5.75 Å². The summed E-state index contributed by atoms with van der Waals surface area (Å²) >= 11 is 6.02. The Morgan fingerprint density at radius 3 is 2.51 bits per heavy atom. The van der Waals surface area contributed by atoms with Crippen molar-refractivity contribution in [3.8, 4) is 17.7 Å². The van der Waals surface area contributed by atoms with Gasteiger partial charge in [-0.1, -0.05) is 41.9 Å². The van der Waals surface area contributed by atoms with Crippen LogP contribution < -0.4 is 31.5 Å². The number of aromatic nitrogens is 3. The van der Waals surface area contributed by atoms with Crippen molar-refractivity contribution in [2.24, 2.45) is 4.99 Å². The van der Waals surface area contributed by atoms with Gasteiger partial charge in [0.15, 0.2) is 17.8 Å². The van der Waals surface area contributed by atoms with E-state index in [2.05, 4.69) is 20.6 Å². The van der Waals surface area contributed by atoms with Crippen molar-refractivity contribution in [2.75, 3.05) is 11.9 Å². The van der Waals surface area contributed by atoms with E-state index >= 15 is 0 Å². The molecule has 4 aromatic rings. The molecule has 2 N–H and O–H groups in total. The maximum absolute atomic E-state index is 14.6. The number of amidine groups is 1. The molecule has 0 atom stereocenters. The summed E-state index contributed by atoms with van der Waals surface area (Å²) < 4.78 is 27.9. The first-order chi connectivity index (χ1) is 20.7. The van der Waals surface area contributed by atoms with Crippen molar-refractivity contribution in [2.45, 2.75) is 39.5 Å². The Kier molecular flexibility index (Phi) is 10.5. The maximum atomic E-state index is 14.6. The average molecular weight is 606 g/mol. The SMILES string of the molecule is CC(C)Oc1ccc(Nc2nc(=O)n(CCCN=C(NC#N)Oc3ccccc3)c(=O)n2Cc2ccc(Cl)cc2)cc1F. The van der Waals surface area contributed by atoms with E-state index in [9.17, 15) is 14.0 Å². The quantitative estimate of drug-likeness (QED) is 0.0828. The van der Waals surface area contributed by atoms with Crippen LogP contribution in [0.3, 0.4) is 0 Å². The van der Waals surface area contributed by atoms with Crippen LogP contribution in [0.1, 0.15) is 25.8 Å². The van der Waals surface area contributed by atoms with Gasteiger partial charge in [0.05, 0.1) is 12.6 Å². The van der Waals surface area contributed by atoms with Crippen LogP contribution in [0, 0.1) is 17.3 Å². The Balaban J connectivity index is 1.58. The number of hydrogen-bond acceptors (Lipinski definition) is 8. The molecule has 222 valence electrons. The highest BCUT2D eigenvalue weighted by Crippen LogP contribution is 2.24. The van der Waals surface area contributed by atoms with E-state index in [1.807, 2.05) is 6.07 Å². The van der Waals surface area contributed by atoms with Gasteiger partial charge in [-0.2, -0.15) is 10.2 Å². The van der Waals surface area contributed by atoms with Crippen LogP contribution in [0.2, 0.25) is 5.02 Å². The Morgan fingerprint density at radius 1 is 1.09 bits per heavy atom. The number of hydrogen-bond donors (Lipinski definition) is 2. The molecule has 3 aromatic carbocycles. The Morgan fingerprint density at radius 2 is 1.84 bits per heavy atom. The van der Waals surface area contributed by atoms with Crippen LogP contribution in [-0.4, -0.2) is 32.8 Å². The van der Waals surface area contributed by atoms with Crippen LogP contribution in [0.15, 0.2) is 87.4 Å². The third kappa shape index (κ3) is 8.67. The minimum atomic E-state index is -0.792. The van der Waals surface area contributed by atoms with Crippen LogP contribution >= 0.6 is 11.6 Å². The molecule has 0 saturated heterocycles. The lowest BCUT2D eigenvalue weighted by molar-refractivity contribution is 0.231. The second-order valence-electron chi connectivity index (χ2n) is 9.49. The molecule has 0 fully saturated rings. The number of para-hydroxylation sites is 1. The van der Waals surface area contributed by atoms with Crippen LogP contribution in [0.4, 0.5) is 16.0 Å². The fraction of sp³-hybridized carbons (Fsp3) is 0.233. The van der Waals surface area contributed by atoms with Gasteiger partial charge < -0.3 is 14.8 Å². The normalized spacial score (nSPS) is 11.2. The van der Waals surface area contributed by atoms with Crippen molar-refractivity contribution in [1.29, 1.82) is 5.26 Å². The van der Waals surface area contributed by atoms with E-state index in [1.54, 1.807) is 74.6 Å². The fourth-order valence-corrected chi connectivity index (χ4v) is 4.07. The molecule has 0 aliphatic heterocycles. The monoisotopic (exact) mass is 605 g/mol. The summed E-state index contributed by atoms with van der Waals surface area (Å²) in [6.07, 6.45) is 1.82. The standard InChI is InChI=1S/C30H29ClFN7O4/c1-20(2)42-26-14-13-23(17-25(26)32)36-27-37-29(40)38(30(41)39(27)18-21-9-11-22(31)12-10-21)16-6-15-34-28(35-19-33)43-24-7-4-3-5-8-24/h3-5,7-14,17,20H,6,15-16,18H2,1-2H3,(H,34,35)(H,36,37,40). The molecule has 13 heteroatoms. The van der Waals surface area contributed by atoms with Crippen molar-refractivity contribution in [3.63, 3.8) is 0 Å². The van der Waals surface area contributed by atoms with E-state index in [0.29, 0.717) is 10.8 Å². The largest absolute Gasteiger partial charge is 0.488 e. The van der Waals surface area contributed by atoms with E-state index in [4.69, 9.17) is 26.3 Å². The number of rotatable bonds is 11. The molecule has 4 rings (SSSR count). The molecule has 0 aliphatic carbocycles. The number of nitrogens with one attached hydrogen (secondary N) is 2. The molecular formula is C30H29ClFN7O4. The topological polar surface area (TPSA) is 136 Å². The van der Waals surface area contributed by atoms with Gasteiger partial charge in [0, 0.05) is 29.9 Å². The summed E-state index contributed by atoms with van der Waals surface area (Å²) in [6, 6.07) is 19.9. The Labute approximate surface area is 251 Å². The average Bonchev–Trinajstić information content (AvgIpc) is 2.97. The second-order valence-corrected chi connectivity index (χ2v) is 9.93. The molecule has 0 bridgehead atoms. The van der Waals surface area contributed by atoms with E-state index in [1.165, 1.54) is 16.7 Å². The number of nitrogens with zero attached hydrogens (tertiary/aromatic N) is 5. The zero-order valence-corrected chi connectivity index (χ0v) is 24.2. The molecule has 43 heavy (non-hydrogen) atoms. The smallest absolute Gasteiger partial charge is 0.354 e. The number of nitriles is 1. The van der Waals surface area contributed by atoms with E-state index in [-0.39, 0.29) is 55.6 Å². The highest BCUT2D eigenvalue weighted by Gasteiger charge is 2.16. The summed E-state index contributed by atoms with van der Waals surface area (Å²) in [7, 11) is 0. The predicted octanol–water partition coefficient (Wildman–Crippen LogP) is 4.67. The zero-order valence-electron chi connectivity index (χ0n) is 23.5. The lowest BCUT2D eigenvalue weighted by Crippen LogP contribution is -2.43. The number of benzene rings is 3. The van der Waals surface area contributed by atoms with Gasteiger partial charge in [0.2, 0.25) is 5.95 Å². The molecule has 0 spiro atoms. The minimum Gasteiger partial charge on any atom is -0.488 e. The molecule has 1 aromatic heterocycles. The summed E-state index contributed by atoms with van der Waals surface area (Å²) in [6.45, 7) is 3.77. The first-order valence-corrected chi connectivity index (χ1v) is 13.7. The van der Waals surface area contributed by atoms with Crippen LogP contribution in [0.25, 0.3) is 0 Å². The Bertz CT molecular complexity index is 1730. The van der Waals surface area contributed by atoms with Crippen LogP contribution in [0.5, 0.6) is 11.5 Å². The number of aliphatic imine (C=N–C) groups is 1. The van der Waals surface area contributed by atoms with Crippen LogP contribution in [-0.2, 0) is 13.1 Å². The number of halogens is 2. The lowest BCUT2D eigenvalue weighted by atomic mass is 10.2. The summed E-state index contributed by atoms with van der Waals surface area (Å²) in [5.41, 5.74) is -0.423. The second kappa shape index (κ2) is 14.7. The first kappa shape index (κ1) is 30.8. The molecular weight excluding hydrogens is 577 g/mol.